The van der Waals surface area contributed by atoms with Gasteiger partial charge in [-0.1, -0.05) is 75.2 Å². The molecule has 2 aliphatic carbocycles. The third-order valence-electron chi connectivity index (χ3n) is 7.64. The first-order chi connectivity index (χ1) is 16.9. The van der Waals surface area contributed by atoms with Crippen molar-refractivity contribution >= 4 is 18.0 Å². The van der Waals surface area contributed by atoms with E-state index in [0.29, 0.717) is 6.42 Å². The minimum Gasteiger partial charge on any atom is -0.480 e. The van der Waals surface area contributed by atoms with Gasteiger partial charge in [0.15, 0.2) is 0 Å². The van der Waals surface area contributed by atoms with Gasteiger partial charge in [-0.2, -0.15) is 0 Å². The third-order valence-corrected chi connectivity index (χ3v) is 7.64. The van der Waals surface area contributed by atoms with Crippen LogP contribution in [0.4, 0.5) is 4.79 Å². The van der Waals surface area contributed by atoms with Crippen molar-refractivity contribution in [1.82, 2.24) is 10.6 Å². The van der Waals surface area contributed by atoms with Gasteiger partial charge in [0, 0.05) is 12.5 Å². The number of nitrogens with one attached hydrogen (secondary N) is 2. The van der Waals surface area contributed by atoms with Crippen LogP contribution in [0.2, 0.25) is 0 Å². The first-order valence-corrected chi connectivity index (χ1v) is 12.5. The number of hydrogen-bond acceptors (Lipinski definition) is 4. The number of carboxylic acids is 1. The molecule has 2 aromatic rings. The molecule has 0 heterocycles. The Labute approximate surface area is 206 Å². The minimum atomic E-state index is -1.04. The van der Waals surface area contributed by atoms with Gasteiger partial charge in [-0.3, -0.25) is 4.79 Å². The van der Waals surface area contributed by atoms with Crippen molar-refractivity contribution in [3.63, 3.8) is 0 Å². The van der Waals surface area contributed by atoms with Gasteiger partial charge in [-0.15, -0.1) is 0 Å². The van der Waals surface area contributed by atoms with E-state index >= 15 is 0 Å². The maximum Gasteiger partial charge on any atom is 0.407 e. The maximum atomic E-state index is 13.0. The van der Waals surface area contributed by atoms with E-state index in [-0.39, 0.29) is 36.8 Å². The smallest absolute Gasteiger partial charge is 0.407 e. The molecule has 3 atom stereocenters. The predicted octanol–water partition coefficient (Wildman–Crippen LogP) is 4.56. The molecule has 7 heteroatoms. The fourth-order valence-corrected chi connectivity index (χ4v) is 5.10. The molecule has 35 heavy (non-hydrogen) atoms. The van der Waals surface area contributed by atoms with Crippen LogP contribution in [0.1, 0.15) is 56.6 Å². The zero-order valence-electron chi connectivity index (χ0n) is 20.3. The molecule has 0 bridgehead atoms. The number of carbonyl (C=O) groups is 3. The summed E-state index contributed by atoms with van der Waals surface area (Å²) < 4.78 is 5.60. The fourth-order valence-electron chi connectivity index (χ4n) is 5.10. The Kier molecular flexibility index (Phi) is 7.73. The van der Waals surface area contributed by atoms with Crippen molar-refractivity contribution < 1.29 is 24.2 Å². The quantitative estimate of drug-likeness (QED) is 0.464. The van der Waals surface area contributed by atoms with Crippen molar-refractivity contribution in [3.8, 4) is 11.1 Å². The molecule has 0 aliphatic heterocycles. The summed E-state index contributed by atoms with van der Waals surface area (Å²) in [5.74, 6) is -1.92. The largest absolute Gasteiger partial charge is 0.480 e. The average molecular weight is 479 g/mol. The highest BCUT2D eigenvalue weighted by Gasteiger charge is 2.36. The lowest BCUT2D eigenvalue weighted by Crippen LogP contribution is -2.51. The summed E-state index contributed by atoms with van der Waals surface area (Å²) in [4.78, 5) is 37.3. The molecular formula is C28H34N2O5. The summed E-state index contributed by atoms with van der Waals surface area (Å²) in [6.45, 7) is 4.04. The Hall–Kier alpha value is -3.35. The highest BCUT2D eigenvalue weighted by molar-refractivity contribution is 5.86. The number of alkyl carbamates (subject to hydrolysis) is 1. The second-order valence-corrected chi connectivity index (χ2v) is 9.71. The van der Waals surface area contributed by atoms with Crippen molar-refractivity contribution in [1.29, 1.82) is 0 Å². The number of hydrogen-bond donors (Lipinski definition) is 3. The molecule has 0 radical (unpaired) electrons. The molecular weight excluding hydrogens is 444 g/mol. The highest BCUT2D eigenvalue weighted by atomic mass is 16.5. The van der Waals surface area contributed by atoms with Gasteiger partial charge in [-0.25, -0.2) is 9.59 Å². The standard InChI is InChI=1S/C28H34N2O5/c1-3-17(2)25(27(32)33)30-26(31)23(18-9-8-10-18)15-29-28(34)35-16-24-21-13-6-4-11-19(21)20-12-5-7-14-22(20)24/h4-7,11-14,17-18,23-25H,3,8-10,15-16H2,1-2H3,(H,29,34)(H,30,31)(H,32,33). The molecule has 1 fully saturated rings. The molecule has 0 spiro atoms. The summed E-state index contributed by atoms with van der Waals surface area (Å²) in [6.07, 6.45) is 2.90. The molecule has 186 valence electrons. The van der Waals surface area contributed by atoms with E-state index in [1.54, 1.807) is 0 Å². The van der Waals surface area contributed by atoms with Crippen LogP contribution in [0.3, 0.4) is 0 Å². The Morgan fingerprint density at radius 2 is 1.63 bits per heavy atom. The second-order valence-electron chi connectivity index (χ2n) is 9.71. The van der Waals surface area contributed by atoms with E-state index in [1.807, 2.05) is 38.1 Å². The Bertz CT molecular complexity index is 1040. The van der Waals surface area contributed by atoms with Crippen LogP contribution in [0.15, 0.2) is 48.5 Å². The number of amides is 2. The molecule has 2 amide bonds. The summed E-state index contributed by atoms with van der Waals surface area (Å²) in [5.41, 5.74) is 4.59. The van der Waals surface area contributed by atoms with E-state index in [1.165, 1.54) is 0 Å². The molecule has 2 aliphatic rings. The van der Waals surface area contributed by atoms with Crippen molar-refractivity contribution in [3.05, 3.63) is 59.7 Å². The fraction of sp³-hybridized carbons (Fsp3) is 0.464. The van der Waals surface area contributed by atoms with Gasteiger partial charge >= 0.3 is 12.1 Å². The number of benzene rings is 2. The molecule has 3 N–H and O–H groups in total. The van der Waals surface area contributed by atoms with Crippen LogP contribution < -0.4 is 10.6 Å². The number of carbonyl (C=O) groups excluding carboxylic acids is 2. The Morgan fingerprint density at radius 3 is 2.14 bits per heavy atom. The zero-order chi connectivity index (χ0) is 24.9. The van der Waals surface area contributed by atoms with E-state index in [2.05, 4.69) is 34.9 Å². The lowest BCUT2D eigenvalue weighted by Gasteiger charge is -2.34. The molecule has 1 saturated carbocycles. The van der Waals surface area contributed by atoms with Crippen molar-refractivity contribution in [2.45, 2.75) is 51.5 Å². The molecule has 0 saturated heterocycles. The van der Waals surface area contributed by atoms with Gasteiger partial charge in [0.05, 0.1) is 5.92 Å². The number of aliphatic carboxylic acids is 1. The van der Waals surface area contributed by atoms with Crippen LogP contribution in [0, 0.1) is 17.8 Å². The van der Waals surface area contributed by atoms with Gasteiger partial charge in [0.25, 0.3) is 0 Å². The van der Waals surface area contributed by atoms with Crippen molar-refractivity contribution in [2.24, 2.45) is 17.8 Å². The van der Waals surface area contributed by atoms with Crippen LogP contribution in [0.25, 0.3) is 11.1 Å². The summed E-state index contributed by atoms with van der Waals surface area (Å²) in [5, 5.41) is 15.0. The number of fused-ring (bicyclic) bond motifs is 3. The Balaban J connectivity index is 1.36. The summed E-state index contributed by atoms with van der Waals surface area (Å²) >= 11 is 0. The van der Waals surface area contributed by atoms with Gasteiger partial charge < -0.3 is 20.5 Å². The van der Waals surface area contributed by atoms with Gasteiger partial charge in [0.1, 0.15) is 12.6 Å². The minimum absolute atomic E-state index is 0.0364. The van der Waals surface area contributed by atoms with Crippen LogP contribution in [0.5, 0.6) is 0 Å². The van der Waals surface area contributed by atoms with Gasteiger partial charge in [-0.05, 0) is 46.9 Å². The predicted molar refractivity (Wildman–Crippen MR) is 133 cm³/mol. The van der Waals surface area contributed by atoms with Crippen LogP contribution >= 0.6 is 0 Å². The first-order valence-electron chi connectivity index (χ1n) is 12.5. The van der Waals surface area contributed by atoms with Crippen LogP contribution in [-0.2, 0) is 14.3 Å². The molecule has 4 rings (SSSR count). The highest BCUT2D eigenvalue weighted by Crippen LogP contribution is 2.44. The Morgan fingerprint density at radius 1 is 1.03 bits per heavy atom. The van der Waals surface area contributed by atoms with Crippen LogP contribution in [-0.4, -0.2) is 42.3 Å². The van der Waals surface area contributed by atoms with E-state index < -0.39 is 24.0 Å². The molecule has 3 unspecified atom stereocenters. The normalized spacial score (nSPS) is 17.3. The van der Waals surface area contributed by atoms with Crippen molar-refractivity contribution in [2.75, 3.05) is 13.2 Å². The number of rotatable bonds is 10. The molecule has 2 aromatic carbocycles. The topological polar surface area (TPSA) is 105 Å². The zero-order valence-corrected chi connectivity index (χ0v) is 20.3. The molecule has 0 aromatic heterocycles. The van der Waals surface area contributed by atoms with E-state index in [4.69, 9.17) is 4.74 Å². The number of ether oxygens (including phenoxy) is 1. The number of carboxylic acid groups (broad SMARTS) is 1. The van der Waals surface area contributed by atoms with Gasteiger partial charge in [0.2, 0.25) is 5.91 Å². The monoisotopic (exact) mass is 478 g/mol. The SMILES string of the molecule is CCC(C)C(NC(=O)C(CNC(=O)OCC1c2ccccc2-c2ccccc21)C1CCC1)C(=O)O. The maximum absolute atomic E-state index is 13.0. The lowest BCUT2D eigenvalue weighted by atomic mass is 9.75. The first kappa shape index (κ1) is 24.8. The van der Waals surface area contributed by atoms with E-state index in [0.717, 1.165) is 41.5 Å². The summed E-state index contributed by atoms with van der Waals surface area (Å²) in [7, 11) is 0. The second kappa shape index (κ2) is 10.9. The third kappa shape index (κ3) is 5.34. The lowest BCUT2D eigenvalue weighted by molar-refractivity contribution is -0.144. The summed E-state index contributed by atoms with van der Waals surface area (Å²) in [6, 6.07) is 15.3. The molecule has 7 nitrogen and oxygen atoms in total. The average Bonchev–Trinajstić information content (AvgIpc) is 3.15. The van der Waals surface area contributed by atoms with E-state index in [9.17, 15) is 19.5 Å².